The monoisotopic (exact) mass is 360 g/mol. The Morgan fingerprint density at radius 3 is 2.58 bits per heavy atom. The smallest absolute Gasteiger partial charge is 0.243 e. The molecule has 2 aromatic rings. The highest BCUT2D eigenvalue weighted by molar-refractivity contribution is 5.95. The van der Waals surface area contributed by atoms with Gasteiger partial charge in [0.1, 0.15) is 11.6 Å². The lowest BCUT2D eigenvalue weighted by molar-refractivity contribution is -0.133. The Morgan fingerprint density at radius 1 is 1.12 bits per heavy atom. The van der Waals surface area contributed by atoms with E-state index in [1.165, 1.54) is 11.9 Å². The summed E-state index contributed by atoms with van der Waals surface area (Å²) in [6.45, 7) is 3.75. The fraction of sp³-hybridized carbons (Fsp3) is 0.300. The van der Waals surface area contributed by atoms with Crippen molar-refractivity contribution in [2.24, 2.45) is 0 Å². The van der Waals surface area contributed by atoms with Gasteiger partial charge in [0.15, 0.2) is 0 Å². The van der Waals surface area contributed by atoms with Crippen LogP contribution in [0.25, 0.3) is 0 Å². The van der Waals surface area contributed by atoms with Crippen LogP contribution in [0.3, 0.4) is 0 Å². The molecule has 0 spiro atoms. The molecular formula is C20H22F2N2O2. The van der Waals surface area contributed by atoms with Crippen molar-refractivity contribution in [3.63, 3.8) is 0 Å². The average Bonchev–Trinajstić information content (AvgIpc) is 2.59. The number of rotatable bonds is 6. The number of amides is 2. The highest BCUT2D eigenvalue weighted by Crippen LogP contribution is 2.18. The third-order valence-electron chi connectivity index (χ3n) is 4.30. The van der Waals surface area contributed by atoms with Gasteiger partial charge in [-0.15, -0.1) is 0 Å². The van der Waals surface area contributed by atoms with Crippen LogP contribution in [0.15, 0.2) is 36.4 Å². The van der Waals surface area contributed by atoms with E-state index in [2.05, 4.69) is 5.32 Å². The standard InChI is InChI=1S/C20H22F2N2O2/c1-13-5-4-6-18(14(13)2)23-19(25)12-24(3)20(26)10-7-15-11-16(21)8-9-17(15)22/h4-6,8-9,11H,7,10,12H2,1-3H3,(H,23,25). The zero-order chi connectivity index (χ0) is 19.3. The lowest BCUT2D eigenvalue weighted by atomic mass is 10.1. The summed E-state index contributed by atoms with van der Waals surface area (Å²) < 4.78 is 26.7. The molecule has 4 nitrogen and oxygen atoms in total. The lowest BCUT2D eigenvalue weighted by Gasteiger charge is -2.18. The Morgan fingerprint density at radius 2 is 1.85 bits per heavy atom. The third-order valence-corrected chi connectivity index (χ3v) is 4.30. The molecule has 0 aliphatic carbocycles. The van der Waals surface area contributed by atoms with Crippen LogP contribution in [0, 0.1) is 25.5 Å². The number of likely N-dealkylation sites (N-methyl/N-ethyl adjacent to an activating group) is 1. The second-order valence-electron chi connectivity index (χ2n) is 6.28. The molecular weight excluding hydrogens is 338 g/mol. The highest BCUT2D eigenvalue weighted by atomic mass is 19.1. The topological polar surface area (TPSA) is 49.4 Å². The van der Waals surface area contributed by atoms with Gasteiger partial charge in [-0.25, -0.2) is 8.78 Å². The van der Waals surface area contributed by atoms with Gasteiger partial charge in [-0.2, -0.15) is 0 Å². The van der Waals surface area contributed by atoms with E-state index in [0.717, 1.165) is 29.3 Å². The minimum absolute atomic E-state index is 0.00632. The van der Waals surface area contributed by atoms with Gasteiger partial charge in [-0.1, -0.05) is 12.1 Å². The van der Waals surface area contributed by atoms with Crippen molar-refractivity contribution >= 4 is 17.5 Å². The normalized spacial score (nSPS) is 10.5. The summed E-state index contributed by atoms with van der Waals surface area (Å²) >= 11 is 0. The predicted molar refractivity (Wildman–Crippen MR) is 96.9 cm³/mol. The maximum absolute atomic E-state index is 13.6. The Kier molecular flexibility index (Phi) is 6.44. The molecule has 2 rings (SSSR count). The first-order valence-electron chi connectivity index (χ1n) is 8.32. The second-order valence-corrected chi connectivity index (χ2v) is 6.28. The minimum Gasteiger partial charge on any atom is -0.336 e. The Hall–Kier alpha value is -2.76. The van der Waals surface area contributed by atoms with Gasteiger partial charge >= 0.3 is 0 Å². The molecule has 26 heavy (non-hydrogen) atoms. The first-order valence-corrected chi connectivity index (χ1v) is 8.32. The molecule has 1 N–H and O–H groups in total. The molecule has 0 bridgehead atoms. The maximum Gasteiger partial charge on any atom is 0.243 e. The number of halogens is 2. The van der Waals surface area contributed by atoms with Gasteiger partial charge in [0.25, 0.3) is 0 Å². The van der Waals surface area contributed by atoms with E-state index < -0.39 is 11.6 Å². The van der Waals surface area contributed by atoms with Crippen LogP contribution in [0.1, 0.15) is 23.1 Å². The van der Waals surface area contributed by atoms with Crippen molar-refractivity contribution < 1.29 is 18.4 Å². The Balaban J connectivity index is 1.89. The number of hydrogen-bond acceptors (Lipinski definition) is 2. The largest absolute Gasteiger partial charge is 0.336 e. The van der Waals surface area contributed by atoms with E-state index in [1.807, 2.05) is 26.0 Å². The van der Waals surface area contributed by atoms with Gasteiger partial charge in [0.05, 0.1) is 6.54 Å². The van der Waals surface area contributed by atoms with E-state index in [1.54, 1.807) is 6.07 Å². The van der Waals surface area contributed by atoms with Crippen LogP contribution < -0.4 is 5.32 Å². The number of nitrogens with zero attached hydrogens (tertiary/aromatic N) is 1. The zero-order valence-electron chi connectivity index (χ0n) is 15.1. The molecule has 0 unspecified atom stereocenters. The quantitative estimate of drug-likeness (QED) is 0.856. The number of carbonyl (C=O) groups excluding carboxylic acids is 2. The van der Waals surface area contributed by atoms with E-state index in [9.17, 15) is 18.4 Å². The molecule has 0 radical (unpaired) electrons. The average molecular weight is 360 g/mol. The molecule has 0 atom stereocenters. The number of benzene rings is 2. The van der Waals surface area contributed by atoms with Crippen molar-refractivity contribution in [3.8, 4) is 0 Å². The van der Waals surface area contributed by atoms with Crippen LogP contribution >= 0.6 is 0 Å². The lowest BCUT2D eigenvalue weighted by Crippen LogP contribution is -2.35. The van der Waals surface area contributed by atoms with Gasteiger partial charge in [0, 0.05) is 19.2 Å². The second kappa shape index (κ2) is 8.56. The Labute approximate surface area is 151 Å². The summed E-state index contributed by atoms with van der Waals surface area (Å²) in [5, 5.41) is 2.78. The van der Waals surface area contributed by atoms with Crippen LogP contribution in [0.4, 0.5) is 14.5 Å². The minimum atomic E-state index is -0.547. The summed E-state index contributed by atoms with van der Waals surface area (Å²) in [5.74, 6) is -1.72. The van der Waals surface area contributed by atoms with Gasteiger partial charge in [-0.3, -0.25) is 9.59 Å². The molecule has 2 aromatic carbocycles. The molecule has 2 amide bonds. The molecule has 0 aliphatic heterocycles. The molecule has 0 aromatic heterocycles. The van der Waals surface area contributed by atoms with Crippen LogP contribution in [-0.4, -0.2) is 30.3 Å². The first-order chi connectivity index (χ1) is 12.3. The number of hydrogen-bond donors (Lipinski definition) is 1. The maximum atomic E-state index is 13.6. The highest BCUT2D eigenvalue weighted by Gasteiger charge is 2.15. The SMILES string of the molecule is Cc1cccc(NC(=O)CN(C)C(=O)CCc2cc(F)ccc2F)c1C. The van der Waals surface area contributed by atoms with Gasteiger partial charge in [0.2, 0.25) is 11.8 Å². The summed E-state index contributed by atoms with van der Waals surface area (Å²) in [5.41, 5.74) is 2.88. The number of anilines is 1. The summed E-state index contributed by atoms with van der Waals surface area (Å²) in [4.78, 5) is 25.6. The van der Waals surface area contributed by atoms with Crippen molar-refractivity contribution in [1.82, 2.24) is 4.90 Å². The van der Waals surface area contributed by atoms with Crippen LogP contribution in [0.5, 0.6) is 0 Å². The third kappa shape index (κ3) is 5.12. The van der Waals surface area contributed by atoms with Gasteiger partial charge < -0.3 is 10.2 Å². The number of nitrogens with one attached hydrogen (secondary N) is 1. The fourth-order valence-electron chi connectivity index (χ4n) is 2.55. The number of carbonyl (C=O) groups is 2. The van der Waals surface area contributed by atoms with E-state index in [0.29, 0.717) is 5.69 Å². The summed E-state index contributed by atoms with van der Waals surface area (Å²) in [6, 6.07) is 8.75. The van der Waals surface area contributed by atoms with E-state index in [4.69, 9.17) is 0 Å². The summed E-state index contributed by atoms with van der Waals surface area (Å²) in [7, 11) is 1.51. The fourth-order valence-corrected chi connectivity index (χ4v) is 2.55. The molecule has 0 saturated heterocycles. The van der Waals surface area contributed by atoms with Crippen LogP contribution in [-0.2, 0) is 16.0 Å². The molecule has 0 fully saturated rings. The first kappa shape index (κ1) is 19.6. The van der Waals surface area contributed by atoms with E-state index >= 15 is 0 Å². The van der Waals surface area contributed by atoms with Crippen molar-refractivity contribution in [1.29, 1.82) is 0 Å². The van der Waals surface area contributed by atoms with E-state index in [-0.39, 0.29) is 36.8 Å². The van der Waals surface area contributed by atoms with Crippen molar-refractivity contribution in [3.05, 3.63) is 64.7 Å². The predicted octanol–water partition coefficient (Wildman–Crippen LogP) is 3.61. The van der Waals surface area contributed by atoms with Crippen LogP contribution in [0.2, 0.25) is 0 Å². The van der Waals surface area contributed by atoms with Gasteiger partial charge in [-0.05, 0) is 61.2 Å². The zero-order valence-corrected chi connectivity index (χ0v) is 15.1. The van der Waals surface area contributed by atoms with Crippen molar-refractivity contribution in [2.45, 2.75) is 26.7 Å². The molecule has 138 valence electrons. The number of aryl methyl sites for hydroxylation is 2. The molecule has 0 heterocycles. The van der Waals surface area contributed by atoms with Crippen molar-refractivity contribution in [2.75, 3.05) is 18.9 Å². The summed E-state index contributed by atoms with van der Waals surface area (Å²) in [6.07, 6.45) is 0.0685. The molecule has 0 aliphatic rings. The Bertz CT molecular complexity index is 821. The molecule has 0 saturated carbocycles. The molecule has 6 heteroatoms.